The molecule has 0 aliphatic rings. The Morgan fingerprint density at radius 2 is 1.81 bits per heavy atom. The molecule has 0 amide bonds. The van der Waals surface area contributed by atoms with E-state index in [2.05, 4.69) is 20.9 Å². The molecule has 4 heteroatoms. The molecule has 16 heavy (non-hydrogen) atoms. The number of ketones is 1. The topological polar surface area (TPSA) is 30.0 Å². The first-order chi connectivity index (χ1) is 7.70. The summed E-state index contributed by atoms with van der Waals surface area (Å²) in [5.41, 5.74) is 0.994. The number of aromatic nitrogens is 1. The van der Waals surface area contributed by atoms with Crippen LogP contribution in [0.4, 0.5) is 0 Å². The predicted octanol–water partition coefficient (Wildman–Crippen LogP) is 3.73. The molecule has 0 radical (unpaired) electrons. The van der Waals surface area contributed by atoms with Gasteiger partial charge in [0.15, 0.2) is 5.78 Å². The minimum atomic E-state index is -0.134. The van der Waals surface area contributed by atoms with Crippen LogP contribution in [-0.4, -0.2) is 10.8 Å². The number of nitrogens with zero attached hydrogens (tertiary/aromatic N) is 1. The van der Waals surface area contributed by atoms with Crippen molar-refractivity contribution < 1.29 is 4.79 Å². The molecule has 1 aromatic heterocycles. The molecule has 0 atom stereocenters. The molecular formula is C12H7BrClNO. The molecule has 1 heterocycles. The molecule has 0 N–H and O–H groups in total. The maximum absolute atomic E-state index is 12.1. The Kier molecular flexibility index (Phi) is 3.36. The largest absolute Gasteiger partial charge is 0.288 e. The lowest BCUT2D eigenvalue weighted by Gasteiger charge is -2.04. The molecular weight excluding hydrogens is 289 g/mol. The molecule has 1 aromatic carbocycles. The normalized spacial score (nSPS) is 10.1. The average molecular weight is 297 g/mol. The number of carbonyl (C=O) groups excluding carboxylic acids is 1. The van der Waals surface area contributed by atoms with E-state index in [0.717, 1.165) is 0 Å². The van der Waals surface area contributed by atoms with Crippen LogP contribution in [0.5, 0.6) is 0 Å². The highest BCUT2D eigenvalue weighted by Gasteiger charge is 2.15. The molecule has 0 fully saturated rings. The maximum atomic E-state index is 12.1. The van der Waals surface area contributed by atoms with Crippen molar-refractivity contribution in [1.29, 1.82) is 0 Å². The van der Waals surface area contributed by atoms with Gasteiger partial charge in [-0.25, -0.2) is 4.98 Å². The third kappa shape index (κ3) is 2.15. The highest BCUT2D eigenvalue weighted by atomic mass is 79.9. The standard InChI is InChI=1S/C12H7BrClNO/c13-12-9(5-3-7-15-12)11(16)8-4-1-2-6-10(8)14/h1-7H. The molecule has 80 valence electrons. The average Bonchev–Trinajstić information content (AvgIpc) is 2.29. The molecule has 2 nitrogen and oxygen atoms in total. The second-order valence-corrected chi connectivity index (χ2v) is 4.31. The Labute approximate surface area is 106 Å². The fourth-order valence-electron chi connectivity index (χ4n) is 1.35. The predicted molar refractivity (Wildman–Crippen MR) is 66.8 cm³/mol. The van der Waals surface area contributed by atoms with Crippen LogP contribution in [-0.2, 0) is 0 Å². The number of rotatable bonds is 2. The van der Waals surface area contributed by atoms with Gasteiger partial charge >= 0.3 is 0 Å². The van der Waals surface area contributed by atoms with Crippen LogP contribution in [0.3, 0.4) is 0 Å². The summed E-state index contributed by atoms with van der Waals surface area (Å²) < 4.78 is 0.528. The summed E-state index contributed by atoms with van der Waals surface area (Å²) >= 11 is 9.21. The van der Waals surface area contributed by atoms with Crippen LogP contribution in [0.2, 0.25) is 5.02 Å². The first-order valence-electron chi connectivity index (χ1n) is 4.60. The fourth-order valence-corrected chi connectivity index (χ4v) is 2.00. The fraction of sp³-hybridized carbons (Fsp3) is 0. The highest BCUT2D eigenvalue weighted by Crippen LogP contribution is 2.22. The first kappa shape index (κ1) is 11.3. The minimum Gasteiger partial charge on any atom is -0.288 e. The lowest BCUT2D eigenvalue weighted by Crippen LogP contribution is -2.03. The first-order valence-corrected chi connectivity index (χ1v) is 5.77. The van der Waals surface area contributed by atoms with Gasteiger partial charge in [0, 0.05) is 11.8 Å². The molecule has 0 spiro atoms. The van der Waals surface area contributed by atoms with Crippen molar-refractivity contribution in [3.63, 3.8) is 0 Å². The van der Waals surface area contributed by atoms with E-state index < -0.39 is 0 Å². The lowest BCUT2D eigenvalue weighted by atomic mass is 10.1. The van der Waals surface area contributed by atoms with E-state index in [4.69, 9.17) is 11.6 Å². The second kappa shape index (κ2) is 4.76. The van der Waals surface area contributed by atoms with Gasteiger partial charge < -0.3 is 0 Å². The van der Waals surface area contributed by atoms with Gasteiger partial charge in [-0.1, -0.05) is 23.7 Å². The van der Waals surface area contributed by atoms with E-state index in [0.29, 0.717) is 20.8 Å². The lowest BCUT2D eigenvalue weighted by molar-refractivity contribution is 0.103. The van der Waals surface area contributed by atoms with Crippen LogP contribution in [0.25, 0.3) is 0 Å². The van der Waals surface area contributed by atoms with Crippen LogP contribution >= 0.6 is 27.5 Å². The summed E-state index contributed by atoms with van der Waals surface area (Å²) in [5.74, 6) is -0.134. The Balaban J connectivity index is 2.48. The van der Waals surface area contributed by atoms with E-state index in [1.54, 1.807) is 42.6 Å². The Hall–Kier alpha value is -1.19. The SMILES string of the molecule is O=C(c1ccccc1Cl)c1cccnc1Br. The van der Waals surface area contributed by atoms with Crippen LogP contribution in [0.1, 0.15) is 15.9 Å². The Morgan fingerprint density at radius 1 is 1.12 bits per heavy atom. The molecule has 0 saturated carbocycles. The van der Waals surface area contributed by atoms with Gasteiger partial charge in [0.05, 0.1) is 10.6 Å². The number of hydrogen-bond acceptors (Lipinski definition) is 2. The second-order valence-electron chi connectivity index (χ2n) is 3.15. The van der Waals surface area contributed by atoms with Gasteiger partial charge in [0.25, 0.3) is 0 Å². The Morgan fingerprint density at radius 3 is 2.50 bits per heavy atom. The van der Waals surface area contributed by atoms with Gasteiger partial charge in [-0.2, -0.15) is 0 Å². The third-order valence-corrected chi connectivity index (χ3v) is 3.08. The van der Waals surface area contributed by atoms with Crippen molar-refractivity contribution in [2.24, 2.45) is 0 Å². The third-order valence-electron chi connectivity index (χ3n) is 2.12. The number of pyridine rings is 1. The van der Waals surface area contributed by atoms with E-state index >= 15 is 0 Å². The molecule has 2 aromatic rings. The van der Waals surface area contributed by atoms with Crippen molar-refractivity contribution in [2.45, 2.75) is 0 Å². The van der Waals surface area contributed by atoms with E-state index in [-0.39, 0.29) is 5.78 Å². The number of benzene rings is 1. The Bertz CT molecular complexity index is 495. The summed E-state index contributed by atoms with van der Waals surface area (Å²) in [6.07, 6.45) is 1.62. The van der Waals surface area contributed by atoms with Gasteiger partial charge in [0.1, 0.15) is 4.60 Å². The van der Waals surface area contributed by atoms with E-state index in [9.17, 15) is 4.79 Å². The summed E-state index contributed by atoms with van der Waals surface area (Å²) in [6.45, 7) is 0. The van der Waals surface area contributed by atoms with Gasteiger partial charge in [-0.05, 0) is 40.2 Å². The van der Waals surface area contributed by atoms with Gasteiger partial charge in [0.2, 0.25) is 0 Å². The monoisotopic (exact) mass is 295 g/mol. The van der Waals surface area contributed by atoms with Crippen molar-refractivity contribution in [2.75, 3.05) is 0 Å². The van der Waals surface area contributed by atoms with Gasteiger partial charge in [-0.15, -0.1) is 0 Å². The summed E-state index contributed by atoms with van der Waals surface area (Å²) in [6, 6.07) is 10.4. The summed E-state index contributed by atoms with van der Waals surface area (Å²) in [5, 5.41) is 0.447. The van der Waals surface area contributed by atoms with E-state index in [1.165, 1.54) is 0 Å². The maximum Gasteiger partial charge on any atom is 0.197 e. The summed E-state index contributed by atoms with van der Waals surface area (Å²) in [7, 11) is 0. The van der Waals surface area contributed by atoms with Crippen molar-refractivity contribution >= 4 is 33.3 Å². The highest BCUT2D eigenvalue weighted by molar-refractivity contribution is 9.10. The smallest absolute Gasteiger partial charge is 0.197 e. The zero-order valence-electron chi connectivity index (χ0n) is 8.15. The number of carbonyl (C=O) groups is 1. The van der Waals surface area contributed by atoms with Crippen molar-refractivity contribution in [1.82, 2.24) is 4.98 Å². The van der Waals surface area contributed by atoms with E-state index in [1.807, 2.05) is 0 Å². The van der Waals surface area contributed by atoms with Crippen LogP contribution < -0.4 is 0 Å². The molecule has 0 saturated heterocycles. The molecule has 0 aliphatic heterocycles. The van der Waals surface area contributed by atoms with Gasteiger partial charge in [-0.3, -0.25) is 4.79 Å². The molecule has 0 unspecified atom stereocenters. The minimum absolute atomic E-state index is 0.134. The molecule has 0 bridgehead atoms. The van der Waals surface area contributed by atoms with Crippen LogP contribution in [0.15, 0.2) is 47.2 Å². The molecule has 2 rings (SSSR count). The van der Waals surface area contributed by atoms with Crippen molar-refractivity contribution in [3.8, 4) is 0 Å². The zero-order valence-corrected chi connectivity index (χ0v) is 10.5. The quantitative estimate of drug-likeness (QED) is 0.624. The van der Waals surface area contributed by atoms with Crippen LogP contribution in [0, 0.1) is 0 Å². The summed E-state index contributed by atoms with van der Waals surface area (Å²) in [4.78, 5) is 16.1. The van der Waals surface area contributed by atoms with Crippen molar-refractivity contribution in [3.05, 3.63) is 63.3 Å². The number of hydrogen-bond donors (Lipinski definition) is 0. The zero-order chi connectivity index (χ0) is 11.5. The number of halogens is 2. The molecule has 0 aliphatic carbocycles.